The molecule has 0 aromatic heterocycles. The summed E-state index contributed by atoms with van der Waals surface area (Å²) in [6, 6.07) is 8.64. The molecule has 0 radical (unpaired) electrons. The molecular weight excluding hydrogens is 400 g/mol. The molecule has 25 heavy (non-hydrogen) atoms. The lowest BCUT2D eigenvalue weighted by Gasteiger charge is -2.20. The fraction of sp³-hybridized carbons (Fsp3) is 0.556. The lowest BCUT2D eigenvalue weighted by molar-refractivity contribution is -0.129. The Bertz CT molecular complexity index is 593. The second kappa shape index (κ2) is 10.1. The number of halogens is 1. The van der Waals surface area contributed by atoms with Crippen LogP contribution >= 0.6 is 27.7 Å². The average molecular weight is 427 g/mol. The van der Waals surface area contributed by atoms with Gasteiger partial charge in [0.1, 0.15) is 0 Å². The minimum absolute atomic E-state index is 0.228. The molecule has 1 heterocycles. The number of rotatable bonds is 6. The molecule has 138 valence electrons. The van der Waals surface area contributed by atoms with Gasteiger partial charge in [0.25, 0.3) is 0 Å². The first-order chi connectivity index (χ1) is 12.0. The van der Waals surface area contributed by atoms with E-state index >= 15 is 0 Å². The quantitative estimate of drug-likeness (QED) is 0.416. The summed E-state index contributed by atoms with van der Waals surface area (Å²) in [5.41, 5.74) is 0. The van der Waals surface area contributed by atoms with Crippen LogP contribution in [0.1, 0.15) is 26.7 Å². The number of likely N-dealkylation sites (tertiary alicyclic amines) is 1. The monoisotopic (exact) mass is 426 g/mol. The van der Waals surface area contributed by atoms with Crippen LogP contribution in [0.15, 0.2) is 38.6 Å². The van der Waals surface area contributed by atoms with E-state index in [1.54, 1.807) is 7.05 Å². The summed E-state index contributed by atoms with van der Waals surface area (Å²) in [7, 11) is 1.78. The van der Waals surface area contributed by atoms with Crippen molar-refractivity contribution in [2.24, 2.45) is 4.99 Å². The summed E-state index contributed by atoms with van der Waals surface area (Å²) in [5.74, 6) is 1.03. The number of nitrogens with one attached hydrogen (secondary N) is 2. The molecule has 7 heteroatoms. The summed E-state index contributed by atoms with van der Waals surface area (Å²) in [6.07, 6.45) is 1.54. The molecule has 0 aliphatic carbocycles. The largest absolute Gasteiger partial charge is 0.355 e. The van der Waals surface area contributed by atoms with E-state index in [1.807, 2.05) is 23.6 Å². The molecule has 1 saturated heterocycles. The Morgan fingerprint density at radius 1 is 1.44 bits per heavy atom. The molecule has 1 fully saturated rings. The maximum Gasteiger partial charge on any atom is 0.222 e. The van der Waals surface area contributed by atoms with Gasteiger partial charge in [0.15, 0.2) is 5.96 Å². The Balaban J connectivity index is 1.74. The molecule has 1 amide bonds. The average Bonchev–Trinajstić information content (AvgIpc) is 3.08. The predicted octanol–water partition coefficient (Wildman–Crippen LogP) is 3.11. The number of guanidine groups is 1. The number of aliphatic imine (C=N–C) groups is 1. The molecule has 5 nitrogen and oxygen atoms in total. The van der Waals surface area contributed by atoms with Gasteiger partial charge >= 0.3 is 0 Å². The third-order valence-corrected chi connectivity index (χ3v) is 5.76. The van der Waals surface area contributed by atoms with Crippen LogP contribution in [0.2, 0.25) is 0 Å². The van der Waals surface area contributed by atoms with Crippen molar-refractivity contribution in [3.8, 4) is 0 Å². The molecule has 2 atom stereocenters. The van der Waals surface area contributed by atoms with Gasteiger partial charge in [-0.2, -0.15) is 0 Å². The van der Waals surface area contributed by atoms with Crippen LogP contribution in [0.25, 0.3) is 0 Å². The number of hydrogen-bond donors (Lipinski definition) is 2. The van der Waals surface area contributed by atoms with Gasteiger partial charge in [-0.15, -0.1) is 11.8 Å². The summed E-state index contributed by atoms with van der Waals surface area (Å²) in [5, 5.41) is 7.24. The van der Waals surface area contributed by atoms with E-state index in [4.69, 9.17) is 0 Å². The van der Waals surface area contributed by atoms with Crippen molar-refractivity contribution in [2.75, 3.05) is 26.7 Å². The van der Waals surface area contributed by atoms with Gasteiger partial charge in [0.2, 0.25) is 5.91 Å². The molecule has 1 aromatic carbocycles. The third kappa shape index (κ3) is 6.55. The zero-order chi connectivity index (χ0) is 18.2. The van der Waals surface area contributed by atoms with Gasteiger partial charge in [-0.25, -0.2) is 0 Å². The van der Waals surface area contributed by atoms with E-state index < -0.39 is 0 Å². The Labute approximate surface area is 163 Å². The molecule has 2 N–H and O–H groups in total. The number of carbonyl (C=O) groups is 1. The molecule has 0 bridgehead atoms. The van der Waals surface area contributed by atoms with Gasteiger partial charge in [-0.05, 0) is 30.7 Å². The first-order valence-electron chi connectivity index (χ1n) is 8.69. The van der Waals surface area contributed by atoms with Crippen LogP contribution in [0.4, 0.5) is 0 Å². The normalized spacial score (nSPS) is 19.0. The highest BCUT2D eigenvalue weighted by molar-refractivity contribution is 9.10. The number of amides is 1. The highest BCUT2D eigenvalue weighted by Crippen LogP contribution is 2.24. The first kappa shape index (κ1) is 20.1. The van der Waals surface area contributed by atoms with Gasteiger partial charge in [0.05, 0.1) is 0 Å². The fourth-order valence-electron chi connectivity index (χ4n) is 2.74. The lowest BCUT2D eigenvalue weighted by atomic mass is 10.3. The zero-order valence-corrected chi connectivity index (χ0v) is 17.5. The highest BCUT2D eigenvalue weighted by atomic mass is 79.9. The number of thioether (sulfide) groups is 1. The van der Waals surface area contributed by atoms with E-state index in [1.165, 1.54) is 4.90 Å². The molecule has 2 rings (SSSR count). The molecule has 1 aromatic rings. The van der Waals surface area contributed by atoms with E-state index in [-0.39, 0.29) is 11.9 Å². The van der Waals surface area contributed by atoms with Crippen molar-refractivity contribution < 1.29 is 4.79 Å². The number of nitrogens with zero attached hydrogens (tertiary/aromatic N) is 2. The van der Waals surface area contributed by atoms with E-state index in [9.17, 15) is 4.79 Å². The topological polar surface area (TPSA) is 56.7 Å². The number of hydrogen-bond acceptors (Lipinski definition) is 3. The van der Waals surface area contributed by atoms with Crippen molar-refractivity contribution in [1.82, 2.24) is 15.5 Å². The maximum absolute atomic E-state index is 11.8. The second-order valence-corrected chi connectivity index (χ2v) is 8.59. The Kier molecular flexibility index (Phi) is 8.09. The zero-order valence-electron chi connectivity index (χ0n) is 15.1. The van der Waals surface area contributed by atoms with Crippen molar-refractivity contribution >= 4 is 39.6 Å². The summed E-state index contributed by atoms with van der Waals surface area (Å²) in [4.78, 5) is 19.3. The Morgan fingerprint density at radius 2 is 2.16 bits per heavy atom. The van der Waals surface area contributed by atoms with Gasteiger partial charge in [-0.1, -0.05) is 29.8 Å². The Morgan fingerprint density at radius 3 is 2.80 bits per heavy atom. The third-order valence-electron chi connectivity index (χ3n) is 4.12. The van der Waals surface area contributed by atoms with Crippen molar-refractivity contribution in [3.05, 3.63) is 28.7 Å². The van der Waals surface area contributed by atoms with Crippen LogP contribution in [0.5, 0.6) is 0 Å². The molecule has 2 unspecified atom stereocenters. The first-order valence-corrected chi connectivity index (χ1v) is 10.4. The van der Waals surface area contributed by atoms with Crippen LogP contribution in [0, 0.1) is 0 Å². The molecular formula is C18H27BrN4OS. The standard InChI is InChI=1S/C18H27BrN4OS/c1-4-17(24)23-10-9-15(12-23)22-18(20-3)21-11-13(2)25-16-7-5-14(19)6-8-16/h5-8,13,15H,4,9-12H2,1-3H3,(H2,20,21,22). The highest BCUT2D eigenvalue weighted by Gasteiger charge is 2.25. The van der Waals surface area contributed by atoms with Gasteiger partial charge in [-0.3, -0.25) is 9.79 Å². The van der Waals surface area contributed by atoms with E-state index in [0.29, 0.717) is 11.7 Å². The van der Waals surface area contributed by atoms with Crippen LogP contribution < -0.4 is 10.6 Å². The van der Waals surface area contributed by atoms with Gasteiger partial charge in [0, 0.05) is 53.8 Å². The van der Waals surface area contributed by atoms with Crippen molar-refractivity contribution in [2.45, 2.75) is 42.9 Å². The van der Waals surface area contributed by atoms with Crippen LogP contribution in [-0.2, 0) is 4.79 Å². The minimum Gasteiger partial charge on any atom is -0.355 e. The van der Waals surface area contributed by atoms with Crippen molar-refractivity contribution in [3.63, 3.8) is 0 Å². The number of carbonyl (C=O) groups excluding carboxylic acids is 1. The molecule has 1 aliphatic rings. The summed E-state index contributed by atoms with van der Waals surface area (Å²) >= 11 is 5.30. The Hall–Kier alpha value is -1.21. The summed E-state index contributed by atoms with van der Waals surface area (Å²) in [6.45, 7) is 6.52. The predicted molar refractivity (Wildman–Crippen MR) is 109 cm³/mol. The lowest BCUT2D eigenvalue weighted by Crippen LogP contribution is -2.46. The minimum atomic E-state index is 0.228. The van der Waals surface area contributed by atoms with Crippen LogP contribution in [0.3, 0.4) is 0 Å². The second-order valence-electron chi connectivity index (χ2n) is 6.16. The number of benzene rings is 1. The molecule has 0 spiro atoms. The summed E-state index contributed by atoms with van der Waals surface area (Å²) < 4.78 is 1.10. The van der Waals surface area contributed by atoms with E-state index in [0.717, 1.165) is 36.5 Å². The molecule has 0 saturated carbocycles. The van der Waals surface area contributed by atoms with Crippen molar-refractivity contribution in [1.29, 1.82) is 0 Å². The smallest absolute Gasteiger partial charge is 0.222 e. The maximum atomic E-state index is 11.8. The molecule has 1 aliphatic heterocycles. The van der Waals surface area contributed by atoms with E-state index in [2.05, 4.69) is 62.7 Å². The SMILES string of the molecule is CCC(=O)N1CCC(NC(=NC)NCC(C)Sc2ccc(Br)cc2)C1. The fourth-order valence-corrected chi connectivity index (χ4v) is 3.93. The van der Waals surface area contributed by atoms with Crippen LogP contribution in [-0.4, -0.2) is 54.7 Å². The van der Waals surface area contributed by atoms with Gasteiger partial charge < -0.3 is 15.5 Å².